The minimum Gasteiger partial charge on any atom is -0.507 e. The van der Waals surface area contributed by atoms with Gasteiger partial charge in [0.15, 0.2) is 5.11 Å². The highest BCUT2D eigenvalue weighted by atomic mass is 32.1. The van der Waals surface area contributed by atoms with Crippen LogP contribution in [0.1, 0.15) is 0 Å². The number of benzene rings is 3. The van der Waals surface area contributed by atoms with Crippen LogP contribution in [0.3, 0.4) is 0 Å². The molecule has 0 atom stereocenters. The number of nitrogens with one attached hydrogen (secondary N) is 2. The minimum absolute atomic E-state index is 0.245. The Kier molecular flexibility index (Phi) is 4.30. The fourth-order valence-electron chi connectivity index (χ4n) is 2.43. The van der Waals surface area contributed by atoms with Crippen LogP contribution in [-0.4, -0.2) is 17.3 Å². The van der Waals surface area contributed by atoms with Gasteiger partial charge in [0, 0.05) is 16.5 Å². The van der Waals surface area contributed by atoms with Crippen molar-refractivity contribution >= 4 is 39.5 Å². The molecule has 0 spiro atoms. The first-order valence-corrected chi connectivity index (χ1v) is 7.51. The highest BCUT2D eigenvalue weighted by molar-refractivity contribution is 7.80. The second-order valence-electron chi connectivity index (χ2n) is 4.96. The van der Waals surface area contributed by atoms with Gasteiger partial charge in [0.05, 0.1) is 12.8 Å². The van der Waals surface area contributed by atoms with E-state index in [1.54, 1.807) is 19.2 Å². The molecule has 3 rings (SSSR count). The third-order valence-corrected chi connectivity index (χ3v) is 3.71. The molecule has 3 aromatic carbocycles. The second-order valence-corrected chi connectivity index (χ2v) is 5.37. The Hall–Kier alpha value is -2.79. The van der Waals surface area contributed by atoms with E-state index in [0.29, 0.717) is 10.9 Å². The van der Waals surface area contributed by atoms with E-state index in [9.17, 15) is 5.11 Å². The molecule has 3 N–H and O–H groups in total. The molecule has 0 unspecified atom stereocenters. The summed E-state index contributed by atoms with van der Waals surface area (Å²) in [5.74, 6) is 0.960. The zero-order chi connectivity index (χ0) is 16.2. The normalized spacial score (nSPS) is 10.3. The van der Waals surface area contributed by atoms with Crippen molar-refractivity contribution in [1.29, 1.82) is 0 Å². The van der Waals surface area contributed by atoms with Crippen LogP contribution in [0.15, 0.2) is 60.7 Å². The molecular weight excluding hydrogens is 308 g/mol. The number of hydrogen-bond acceptors (Lipinski definition) is 3. The number of anilines is 2. The Morgan fingerprint density at radius 1 is 0.870 bits per heavy atom. The average Bonchev–Trinajstić information content (AvgIpc) is 2.56. The van der Waals surface area contributed by atoms with E-state index in [-0.39, 0.29) is 5.75 Å². The molecule has 0 aliphatic rings. The van der Waals surface area contributed by atoms with Crippen LogP contribution in [0.5, 0.6) is 11.5 Å². The SMILES string of the molecule is COc1ccccc1NC(=S)Nc1cccc2c(O)cccc12. The van der Waals surface area contributed by atoms with Crippen molar-refractivity contribution in [1.82, 2.24) is 0 Å². The van der Waals surface area contributed by atoms with Crippen LogP contribution >= 0.6 is 12.2 Å². The Morgan fingerprint density at radius 3 is 2.35 bits per heavy atom. The molecule has 0 saturated carbocycles. The van der Waals surface area contributed by atoms with E-state index >= 15 is 0 Å². The summed E-state index contributed by atoms with van der Waals surface area (Å²) in [6, 6.07) is 18.6. The third kappa shape index (κ3) is 3.19. The number of ether oxygens (including phenoxy) is 1. The number of aromatic hydroxyl groups is 1. The summed E-state index contributed by atoms with van der Waals surface area (Å²) in [7, 11) is 1.62. The number of fused-ring (bicyclic) bond motifs is 1. The van der Waals surface area contributed by atoms with Crippen molar-refractivity contribution in [2.24, 2.45) is 0 Å². The number of phenols is 1. The van der Waals surface area contributed by atoms with Crippen molar-refractivity contribution < 1.29 is 9.84 Å². The Morgan fingerprint density at radius 2 is 1.52 bits per heavy atom. The molecule has 0 bridgehead atoms. The van der Waals surface area contributed by atoms with Crippen molar-refractivity contribution in [2.75, 3.05) is 17.7 Å². The zero-order valence-corrected chi connectivity index (χ0v) is 13.4. The van der Waals surface area contributed by atoms with E-state index in [2.05, 4.69) is 10.6 Å². The third-order valence-electron chi connectivity index (χ3n) is 3.50. The lowest BCUT2D eigenvalue weighted by Crippen LogP contribution is -2.19. The molecule has 0 aliphatic carbocycles. The minimum atomic E-state index is 0.245. The summed E-state index contributed by atoms with van der Waals surface area (Å²) in [6.07, 6.45) is 0. The molecule has 0 radical (unpaired) electrons. The van der Waals surface area contributed by atoms with Crippen LogP contribution in [0, 0.1) is 0 Å². The van der Waals surface area contributed by atoms with Gasteiger partial charge in [-0.25, -0.2) is 0 Å². The first kappa shape index (κ1) is 15.1. The lowest BCUT2D eigenvalue weighted by Gasteiger charge is -2.14. The fourth-order valence-corrected chi connectivity index (χ4v) is 2.65. The van der Waals surface area contributed by atoms with Gasteiger partial charge in [-0.05, 0) is 36.5 Å². The van der Waals surface area contributed by atoms with Crippen molar-refractivity contribution in [3.05, 3.63) is 60.7 Å². The summed E-state index contributed by atoms with van der Waals surface area (Å²) in [6.45, 7) is 0. The van der Waals surface area contributed by atoms with E-state index in [1.165, 1.54) is 0 Å². The number of methoxy groups -OCH3 is 1. The van der Waals surface area contributed by atoms with E-state index in [4.69, 9.17) is 17.0 Å². The second kappa shape index (κ2) is 6.54. The molecule has 116 valence electrons. The number of rotatable bonds is 3. The van der Waals surface area contributed by atoms with Gasteiger partial charge in [0.2, 0.25) is 0 Å². The topological polar surface area (TPSA) is 53.5 Å². The van der Waals surface area contributed by atoms with Gasteiger partial charge in [-0.15, -0.1) is 0 Å². The molecule has 3 aromatic rings. The molecule has 0 heterocycles. The fraction of sp³-hybridized carbons (Fsp3) is 0.0556. The number of phenolic OH excluding ortho intramolecular Hbond substituents is 1. The highest BCUT2D eigenvalue weighted by Gasteiger charge is 2.07. The van der Waals surface area contributed by atoms with Crippen LogP contribution in [-0.2, 0) is 0 Å². The molecule has 0 aliphatic heterocycles. The predicted octanol–water partition coefficient (Wildman–Crippen LogP) is 4.36. The van der Waals surface area contributed by atoms with Crippen LogP contribution in [0.25, 0.3) is 10.8 Å². The lowest BCUT2D eigenvalue weighted by molar-refractivity contribution is 0.417. The first-order chi connectivity index (χ1) is 11.2. The molecular formula is C18H16N2O2S. The standard InChI is InChI=1S/C18H16N2O2S/c1-22-17-11-3-2-8-15(17)20-18(23)19-14-9-4-7-13-12(14)6-5-10-16(13)21/h2-11,21H,1H3,(H2,19,20,23). The Bertz CT molecular complexity index is 865. The smallest absolute Gasteiger partial charge is 0.175 e. The Labute approximate surface area is 139 Å². The molecule has 5 heteroatoms. The van der Waals surface area contributed by atoms with Gasteiger partial charge < -0.3 is 20.5 Å². The average molecular weight is 324 g/mol. The van der Waals surface area contributed by atoms with Crippen LogP contribution in [0.4, 0.5) is 11.4 Å². The van der Waals surface area contributed by atoms with Gasteiger partial charge in [-0.3, -0.25) is 0 Å². The van der Waals surface area contributed by atoms with Crippen molar-refractivity contribution in [2.45, 2.75) is 0 Å². The van der Waals surface area contributed by atoms with Crippen molar-refractivity contribution in [3.63, 3.8) is 0 Å². The van der Waals surface area contributed by atoms with Gasteiger partial charge in [-0.1, -0.05) is 36.4 Å². The van der Waals surface area contributed by atoms with Gasteiger partial charge in [0.1, 0.15) is 11.5 Å². The highest BCUT2D eigenvalue weighted by Crippen LogP contribution is 2.30. The molecule has 0 fully saturated rings. The van der Waals surface area contributed by atoms with Gasteiger partial charge >= 0.3 is 0 Å². The summed E-state index contributed by atoms with van der Waals surface area (Å²) in [5, 5.41) is 18.4. The van der Waals surface area contributed by atoms with Crippen LogP contribution in [0.2, 0.25) is 0 Å². The number of hydrogen-bond donors (Lipinski definition) is 3. The van der Waals surface area contributed by atoms with Gasteiger partial charge in [0.25, 0.3) is 0 Å². The number of para-hydroxylation sites is 2. The summed E-state index contributed by atoms with van der Waals surface area (Å²) in [5.41, 5.74) is 1.61. The number of thiocarbonyl (C=S) groups is 1. The van der Waals surface area contributed by atoms with E-state index < -0.39 is 0 Å². The molecule has 0 aromatic heterocycles. The monoisotopic (exact) mass is 324 g/mol. The maximum atomic E-state index is 9.94. The molecule has 0 saturated heterocycles. The van der Waals surface area contributed by atoms with Crippen molar-refractivity contribution in [3.8, 4) is 11.5 Å². The van der Waals surface area contributed by atoms with Crippen LogP contribution < -0.4 is 15.4 Å². The van der Waals surface area contributed by atoms with E-state index in [1.807, 2.05) is 48.5 Å². The zero-order valence-electron chi connectivity index (χ0n) is 12.5. The Balaban J connectivity index is 1.85. The molecule has 4 nitrogen and oxygen atoms in total. The first-order valence-electron chi connectivity index (χ1n) is 7.11. The summed E-state index contributed by atoms with van der Waals surface area (Å²) >= 11 is 5.38. The summed E-state index contributed by atoms with van der Waals surface area (Å²) in [4.78, 5) is 0. The van der Waals surface area contributed by atoms with Gasteiger partial charge in [-0.2, -0.15) is 0 Å². The quantitative estimate of drug-likeness (QED) is 0.625. The predicted molar refractivity (Wildman–Crippen MR) is 98.5 cm³/mol. The summed E-state index contributed by atoms with van der Waals surface area (Å²) < 4.78 is 5.30. The maximum Gasteiger partial charge on any atom is 0.175 e. The molecule has 23 heavy (non-hydrogen) atoms. The van der Waals surface area contributed by atoms with E-state index in [0.717, 1.165) is 22.1 Å². The lowest BCUT2D eigenvalue weighted by atomic mass is 10.1. The maximum absolute atomic E-state index is 9.94. The largest absolute Gasteiger partial charge is 0.507 e. The molecule has 0 amide bonds.